The van der Waals surface area contributed by atoms with Gasteiger partial charge in [-0.15, -0.1) is 5.06 Å². The highest BCUT2D eigenvalue weighted by Gasteiger charge is 2.32. The fraction of sp³-hybridized carbons (Fsp3) is 0.789. The molecule has 0 aromatic carbocycles. The van der Waals surface area contributed by atoms with Crippen molar-refractivity contribution in [3.05, 3.63) is 0 Å². The molecule has 1 saturated heterocycles. The number of hydrogen-bond acceptors (Lipinski definition) is 7. The van der Waals surface area contributed by atoms with E-state index in [1.54, 1.807) is 13.8 Å². The minimum Gasteiger partial charge on any atom is -0.400 e. The van der Waals surface area contributed by atoms with E-state index in [4.69, 9.17) is 14.7 Å². The third-order valence-corrected chi connectivity index (χ3v) is 4.00. The van der Waals surface area contributed by atoms with Gasteiger partial charge >= 0.3 is 5.97 Å². The first-order valence-corrected chi connectivity index (χ1v) is 9.57. The molecule has 3 amide bonds. The molecule has 0 unspecified atom stereocenters. The fourth-order valence-corrected chi connectivity index (χ4v) is 2.23. The third kappa shape index (κ3) is 9.80. The lowest BCUT2D eigenvalue weighted by Crippen LogP contribution is -2.44. The Morgan fingerprint density at radius 1 is 1.14 bits per heavy atom. The molecule has 1 aliphatic rings. The summed E-state index contributed by atoms with van der Waals surface area (Å²) in [5.41, 5.74) is -0.899. The molecule has 0 aliphatic carbocycles. The van der Waals surface area contributed by atoms with Gasteiger partial charge in [-0.05, 0) is 39.0 Å². The lowest BCUT2D eigenvalue weighted by Gasteiger charge is -2.24. The molecule has 1 aliphatic heterocycles. The van der Waals surface area contributed by atoms with E-state index in [-0.39, 0.29) is 25.2 Å². The first-order valence-electron chi connectivity index (χ1n) is 9.57. The molecule has 162 valence electrons. The molecular formula is C19H34N2O7. The Kier molecular flexibility index (Phi) is 12.3. The average Bonchev–Trinajstić information content (AvgIpc) is 2.94. The van der Waals surface area contributed by atoms with Crippen molar-refractivity contribution in [2.24, 2.45) is 5.92 Å². The highest BCUT2D eigenvalue weighted by molar-refractivity contribution is 6.01. The second-order valence-electron chi connectivity index (χ2n) is 7.30. The van der Waals surface area contributed by atoms with Crippen LogP contribution in [0.1, 0.15) is 66.2 Å². The van der Waals surface area contributed by atoms with Crippen LogP contribution in [0.4, 0.5) is 0 Å². The molecule has 0 saturated carbocycles. The smallest absolute Gasteiger partial charge is 0.333 e. The van der Waals surface area contributed by atoms with Crippen molar-refractivity contribution in [1.29, 1.82) is 0 Å². The summed E-state index contributed by atoms with van der Waals surface area (Å²) >= 11 is 0. The number of unbranched alkanes of at least 4 members (excludes halogenated alkanes) is 1. The minimum absolute atomic E-state index is 0.0706. The highest BCUT2D eigenvalue weighted by atomic mass is 16.7. The van der Waals surface area contributed by atoms with Crippen LogP contribution >= 0.6 is 0 Å². The molecule has 2 N–H and O–H groups in total. The quantitative estimate of drug-likeness (QED) is 0.395. The van der Waals surface area contributed by atoms with Crippen LogP contribution in [-0.2, 0) is 28.8 Å². The van der Waals surface area contributed by atoms with E-state index >= 15 is 0 Å². The zero-order valence-electron chi connectivity index (χ0n) is 17.6. The largest absolute Gasteiger partial charge is 0.400 e. The number of amides is 3. The van der Waals surface area contributed by atoms with E-state index in [1.165, 1.54) is 0 Å². The Morgan fingerprint density at radius 2 is 1.71 bits per heavy atom. The first kappa shape index (κ1) is 26.0. The van der Waals surface area contributed by atoms with Gasteiger partial charge in [-0.3, -0.25) is 14.4 Å². The van der Waals surface area contributed by atoms with Crippen LogP contribution in [0.3, 0.4) is 0 Å². The highest BCUT2D eigenvalue weighted by Crippen LogP contribution is 2.14. The predicted molar refractivity (Wildman–Crippen MR) is 102 cm³/mol. The number of aliphatic hydroxyl groups excluding tert-OH is 1. The van der Waals surface area contributed by atoms with Crippen LogP contribution in [0.25, 0.3) is 0 Å². The van der Waals surface area contributed by atoms with Crippen molar-refractivity contribution in [3.63, 3.8) is 0 Å². The van der Waals surface area contributed by atoms with Crippen molar-refractivity contribution in [1.82, 2.24) is 10.4 Å². The maximum absolute atomic E-state index is 12.1. The van der Waals surface area contributed by atoms with Crippen molar-refractivity contribution in [2.75, 3.05) is 20.3 Å². The number of nitrogens with one attached hydrogen (secondary N) is 1. The number of carbonyl (C=O) groups excluding carboxylic acids is 4. The lowest BCUT2D eigenvalue weighted by molar-refractivity contribution is -0.197. The first-order chi connectivity index (χ1) is 13.1. The number of hydrogen-bond donors (Lipinski definition) is 2. The van der Waals surface area contributed by atoms with Crippen LogP contribution in [0.2, 0.25) is 0 Å². The number of rotatable bonds is 11. The van der Waals surface area contributed by atoms with Gasteiger partial charge in [0, 0.05) is 39.5 Å². The van der Waals surface area contributed by atoms with E-state index in [0.717, 1.165) is 13.5 Å². The Bertz CT molecular complexity index is 516. The van der Waals surface area contributed by atoms with E-state index in [2.05, 4.69) is 19.2 Å². The van der Waals surface area contributed by atoms with Crippen LogP contribution in [-0.4, -0.2) is 59.7 Å². The Morgan fingerprint density at radius 3 is 2.25 bits per heavy atom. The summed E-state index contributed by atoms with van der Waals surface area (Å²) in [6, 6.07) is 0. The number of aliphatic hydroxyl groups is 1. The molecule has 0 aromatic heterocycles. The molecule has 28 heavy (non-hydrogen) atoms. The normalized spacial score (nSPS) is 14.0. The third-order valence-electron chi connectivity index (χ3n) is 4.00. The fourth-order valence-electron chi connectivity index (χ4n) is 2.23. The number of nitrogens with zero attached hydrogens (tertiary/aromatic N) is 1. The summed E-state index contributed by atoms with van der Waals surface area (Å²) in [4.78, 5) is 51.2. The molecule has 0 bridgehead atoms. The molecule has 9 heteroatoms. The van der Waals surface area contributed by atoms with Crippen molar-refractivity contribution >= 4 is 23.7 Å². The van der Waals surface area contributed by atoms with Gasteiger partial charge < -0.3 is 20.0 Å². The van der Waals surface area contributed by atoms with Gasteiger partial charge in [-0.1, -0.05) is 13.8 Å². The maximum atomic E-state index is 12.1. The Labute approximate surface area is 166 Å². The van der Waals surface area contributed by atoms with E-state index in [9.17, 15) is 19.2 Å². The molecule has 0 aromatic rings. The Hall–Kier alpha value is -2.00. The average molecular weight is 402 g/mol. The summed E-state index contributed by atoms with van der Waals surface area (Å²) in [6.45, 7) is 8.57. The topological polar surface area (TPSA) is 122 Å². The Balaban J connectivity index is 0.00000352. The molecular weight excluding hydrogens is 368 g/mol. The number of carbonyl (C=O) groups is 4. The van der Waals surface area contributed by atoms with Crippen LogP contribution in [0.15, 0.2) is 0 Å². The second-order valence-corrected chi connectivity index (χ2v) is 7.30. The summed E-state index contributed by atoms with van der Waals surface area (Å²) < 4.78 is 5.64. The summed E-state index contributed by atoms with van der Waals surface area (Å²) in [5, 5.41) is 10.3. The van der Waals surface area contributed by atoms with Crippen LogP contribution in [0.5, 0.6) is 0 Å². The molecule has 1 fully saturated rings. The lowest BCUT2D eigenvalue weighted by atomic mass is 10.1. The number of ether oxygens (including phenoxy) is 1. The zero-order valence-corrected chi connectivity index (χ0v) is 17.6. The van der Waals surface area contributed by atoms with Crippen molar-refractivity contribution in [2.45, 2.75) is 71.8 Å². The molecule has 0 spiro atoms. The van der Waals surface area contributed by atoms with Crippen LogP contribution in [0, 0.1) is 5.92 Å². The standard InChI is InChI=1S/C18H30N2O6.CH4O/c1-13(2)10-12-25-18(3,4)17(24)19-11-6-5-7-16(23)26-20-14(21)8-9-15(20)22;1-2/h13H,5-12H2,1-4H3,(H,19,24);2H,1H3. The van der Waals surface area contributed by atoms with Gasteiger partial charge in [0.25, 0.3) is 17.7 Å². The van der Waals surface area contributed by atoms with Gasteiger partial charge in [0.2, 0.25) is 0 Å². The second kappa shape index (κ2) is 13.2. The van der Waals surface area contributed by atoms with Gasteiger partial charge in [0.1, 0.15) is 5.60 Å². The van der Waals surface area contributed by atoms with Crippen LogP contribution < -0.4 is 5.32 Å². The van der Waals surface area contributed by atoms with E-state index in [0.29, 0.717) is 37.0 Å². The molecule has 1 heterocycles. The number of imide groups is 1. The SMILES string of the molecule is CC(C)CCOC(C)(C)C(=O)NCCCCC(=O)ON1C(=O)CCC1=O.CO. The molecule has 9 nitrogen and oxygen atoms in total. The predicted octanol–water partition coefficient (Wildman–Crippen LogP) is 1.33. The van der Waals surface area contributed by atoms with Gasteiger partial charge in [0.05, 0.1) is 0 Å². The molecule has 1 rings (SSSR count). The van der Waals surface area contributed by atoms with Crippen molar-refractivity contribution < 1.29 is 33.9 Å². The molecule has 0 radical (unpaired) electrons. The minimum atomic E-state index is -0.899. The zero-order chi connectivity index (χ0) is 21.7. The van der Waals surface area contributed by atoms with E-state index < -0.39 is 23.4 Å². The summed E-state index contributed by atoms with van der Waals surface area (Å²) in [7, 11) is 1.00. The van der Waals surface area contributed by atoms with E-state index in [1.807, 2.05) is 0 Å². The summed E-state index contributed by atoms with van der Waals surface area (Å²) in [6.07, 6.45) is 2.16. The van der Waals surface area contributed by atoms with Gasteiger partial charge in [-0.25, -0.2) is 4.79 Å². The van der Waals surface area contributed by atoms with Gasteiger partial charge in [-0.2, -0.15) is 0 Å². The summed E-state index contributed by atoms with van der Waals surface area (Å²) in [5.74, 6) is -1.29. The van der Waals surface area contributed by atoms with Crippen molar-refractivity contribution in [3.8, 4) is 0 Å². The monoisotopic (exact) mass is 402 g/mol. The number of hydroxylamine groups is 2. The molecule has 0 atom stereocenters. The van der Waals surface area contributed by atoms with Gasteiger partial charge in [0.15, 0.2) is 0 Å². The maximum Gasteiger partial charge on any atom is 0.333 e.